The summed E-state index contributed by atoms with van der Waals surface area (Å²) in [5.41, 5.74) is 12.5. The largest absolute Gasteiger partial charge is 0.401 e. The monoisotopic (exact) mass is 495 g/mol. The van der Waals surface area contributed by atoms with Crippen LogP contribution in [-0.4, -0.2) is 61.2 Å². The third kappa shape index (κ3) is 5.02. The van der Waals surface area contributed by atoms with Gasteiger partial charge in [0.05, 0.1) is 6.54 Å². The average Bonchev–Trinajstić information content (AvgIpc) is 3.34. The molecule has 6 nitrogen and oxygen atoms in total. The topological polar surface area (TPSA) is 74.5 Å². The van der Waals surface area contributed by atoms with Crippen LogP contribution < -0.4 is 16.0 Å². The Morgan fingerprint density at radius 2 is 1.83 bits per heavy atom. The van der Waals surface area contributed by atoms with E-state index in [9.17, 15) is 18.0 Å². The quantitative estimate of drug-likeness (QED) is 0.550. The lowest BCUT2D eigenvalue weighted by molar-refractivity contribution is -0.146. The number of nitrogens with one attached hydrogen (secondary N) is 1. The second-order valence-corrected chi connectivity index (χ2v) is 9.50. The number of alkyl halides is 3. The molecule has 9 heteroatoms. The molecule has 3 N–H and O–H groups in total. The molecule has 1 unspecified atom stereocenters. The van der Waals surface area contributed by atoms with Crippen molar-refractivity contribution < 1.29 is 18.0 Å². The fourth-order valence-electron chi connectivity index (χ4n) is 5.07. The molecule has 188 valence electrons. The van der Waals surface area contributed by atoms with Crippen LogP contribution in [0.3, 0.4) is 0 Å². The van der Waals surface area contributed by atoms with E-state index in [2.05, 4.69) is 15.2 Å². The van der Waals surface area contributed by atoms with Crippen LogP contribution in [0.2, 0.25) is 0 Å². The molecule has 1 amide bonds. The van der Waals surface area contributed by atoms with Crippen LogP contribution >= 0.6 is 0 Å². The molecule has 0 saturated carbocycles. The number of carbonyl (C=O) groups excluding carboxylic acids is 1. The van der Waals surface area contributed by atoms with Gasteiger partial charge < -0.3 is 16.0 Å². The Labute approximate surface area is 207 Å². The molecule has 1 saturated heterocycles. The second kappa shape index (κ2) is 9.46. The molecule has 1 aromatic heterocycles. The van der Waals surface area contributed by atoms with Crippen LogP contribution in [0.1, 0.15) is 22.3 Å². The average molecular weight is 496 g/mol. The van der Waals surface area contributed by atoms with Crippen molar-refractivity contribution in [2.75, 3.05) is 43.9 Å². The lowest BCUT2D eigenvalue weighted by atomic mass is 9.94. The summed E-state index contributed by atoms with van der Waals surface area (Å²) < 4.78 is 38.3. The molecule has 36 heavy (non-hydrogen) atoms. The van der Waals surface area contributed by atoms with E-state index in [1.165, 1.54) is 11.9 Å². The predicted molar refractivity (Wildman–Crippen MR) is 135 cm³/mol. The second-order valence-electron chi connectivity index (χ2n) is 9.50. The van der Waals surface area contributed by atoms with E-state index in [-0.39, 0.29) is 11.9 Å². The Kier molecular flexibility index (Phi) is 6.34. The molecule has 2 aliphatic heterocycles. The highest BCUT2D eigenvalue weighted by Crippen LogP contribution is 2.33. The maximum Gasteiger partial charge on any atom is 0.401 e. The van der Waals surface area contributed by atoms with Gasteiger partial charge in [0, 0.05) is 54.3 Å². The van der Waals surface area contributed by atoms with E-state index in [4.69, 9.17) is 5.73 Å². The molecule has 1 fully saturated rings. The minimum atomic E-state index is -4.19. The number of halogens is 3. The van der Waals surface area contributed by atoms with Crippen LogP contribution in [0.4, 0.5) is 24.7 Å². The van der Waals surface area contributed by atoms with E-state index in [1.807, 2.05) is 48.5 Å². The van der Waals surface area contributed by atoms with Crippen LogP contribution in [-0.2, 0) is 6.42 Å². The molecule has 0 spiro atoms. The highest BCUT2D eigenvalue weighted by Gasteiger charge is 2.34. The van der Waals surface area contributed by atoms with Gasteiger partial charge in [0.2, 0.25) is 0 Å². The molecular formula is C27H28F3N5O. The van der Waals surface area contributed by atoms with Gasteiger partial charge in [-0.3, -0.25) is 9.69 Å². The van der Waals surface area contributed by atoms with E-state index >= 15 is 0 Å². The first-order valence-corrected chi connectivity index (χ1v) is 12.0. The number of amides is 1. The Morgan fingerprint density at radius 3 is 2.58 bits per heavy atom. The number of nitrogen functional groups attached to an aromatic ring is 1. The number of nitrogens with zero attached hydrogens (tertiary/aromatic N) is 3. The number of fused-ring (bicyclic) bond motifs is 1. The molecule has 0 radical (unpaired) electrons. The van der Waals surface area contributed by atoms with Crippen molar-refractivity contribution in [3.05, 3.63) is 65.9 Å². The van der Waals surface area contributed by atoms with Crippen molar-refractivity contribution in [1.29, 1.82) is 0 Å². The fourth-order valence-corrected chi connectivity index (χ4v) is 5.07. The van der Waals surface area contributed by atoms with Crippen LogP contribution in [0, 0.1) is 0 Å². The first-order valence-electron chi connectivity index (χ1n) is 12.0. The summed E-state index contributed by atoms with van der Waals surface area (Å²) in [6.07, 6.45) is -0.990. The van der Waals surface area contributed by atoms with E-state index in [1.54, 1.807) is 6.20 Å². The number of rotatable bonds is 5. The van der Waals surface area contributed by atoms with Gasteiger partial charge in [-0.1, -0.05) is 24.3 Å². The fraction of sp³-hybridized carbons (Fsp3) is 0.333. The number of pyridine rings is 1. The smallest absolute Gasteiger partial charge is 0.383 e. The van der Waals surface area contributed by atoms with Gasteiger partial charge in [-0.15, -0.1) is 0 Å². The lowest BCUT2D eigenvalue weighted by Crippen LogP contribution is -2.40. The highest BCUT2D eigenvalue weighted by molar-refractivity contribution is 5.97. The molecule has 1 atom stereocenters. The van der Waals surface area contributed by atoms with Crippen molar-refractivity contribution in [3.8, 4) is 22.3 Å². The first kappa shape index (κ1) is 24.1. The lowest BCUT2D eigenvalue weighted by Gasteiger charge is -2.26. The number of hydrogen-bond donors (Lipinski definition) is 2. The molecule has 3 heterocycles. The Balaban J connectivity index is 1.33. The maximum atomic E-state index is 12.8. The Bertz CT molecular complexity index is 1280. The first-order chi connectivity index (χ1) is 17.2. The number of hydrogen-bond acceptors (Lipinski definition) is 5. The van der Waals surface area contributed by atoms with Gasteiger partial charge in [-0.25, -0.2) is 4.98 Å². The summed E-state index contributed by atoms with van der Waals surface area (Å²) in [5, 5.41) is 2.85. The summed E-state index contributed by atoms with van der Waals surface area (Å²) >= 11 is 0. The zero-order chi connectivity index (χ0) is 25.4. The zero-order valence-electron chi connectivity index (χ0n) is 20.0. The minimum Gasteiger partial charge on any atom is -0.383 e. The number of anilines is 2. The number of nitrogens with two attached hydrogens (primary N) is 1. The van der Waals surface area contributed by atoms with Gasteiger partial charge >= 0.3 is 6.18 Å². The van der Waals surface area contributed by atoms with Crippen LogP contribution in [0.25, 0.3) is 22.3 Å². The van der Waals surface area contributed by atoms with Crippen molar-refractivity contribution in [2.45, 2.75) is 25.1 Å². The van der Waals surface area contributed by atoms with Crippen molar-refractivity contribution in [3.63, 3.8) is 0 Å². The van der Waals surface area contributed by atoms with E-state index < -0.39 is 12.7 Å². The Morgan fingerprint density at radius 1 is 1.08 bits per heavy atom. The van der Waals surface area contributed by atoms with E-state index in [0.717, 1.165) is 46.5 Å². The number of aromatic nitrogens is 1. The molecule has 2 aromatic carbocycles. The van der Waals surface area contributed by atoms with Crippen LogP contribution in [0.5, 0.6) is 0 Å². The van der Waals surface area contributed by atoms with Gasteiger partial charge in [-0.05, 0) is 60.8 Å². The summed E-state index contributed by atoms with van der Waals surface area (Å²) in [5.74, 6) is 0.362. The van der Waals surface area contributed by atoms with Gasteiger partial charge in [0.25, 0.3) is 5.91 Å². The number of likely N-dealkylation sites (N-methyl/N-ethyl adjacent to an activating group) is 1. The van der Waals surface area contributed by atoms with Crippen molar-refractivity contribution in [1.82, 2.24) is 15.2 Å². The summed E-state index contributed by atoms with van der Waals surface area (Å²) in [6.45, 7) is 1.01. The maximum absolute atomic E-state index is 12.8. The van der Waals surface area contributed by atoms with Gasteiger partial charge in [0.15, 0.2) is 0 Å². The molecule has 0 bridgehead atoms. The zero-order valence-corrected chi connectivity index (χ0v) is 20.0. The third-order valence-electron chi connectivity index (χ3n) is 7.04. The number of carbonyl (C=O) groups is 1. The normalized spacial score (nSPS) is 17.9. The predicted octanol–water partition coefficient (Wildman–Crippen LogP) is 4.36. The molecular weight excluding hydrogens is 467 g/mol. The third-order valence-corrected chi connectivity index (χ3v) is 7.04. The molecule has 0 aliphatic carbocycles. The molecule has 2 aliphatic rings. The van der Waals surface area contributed by atoms with Crippen molar-refractivity contribution in [2.24, 2.45) is 0 Å². The molecule has 5 rings (SSSR count). The highest BCUT2D eigenvalue weighted by atomic mass is 19.4. The van der Waals surface area contributed by atoms with Gasteiger partial charge in [-0.2, -0.15) is 13.2 Å². The summed E-state index contributed by atoms with van der Waals surface area (Å²) in [4.78, 5) is 20.0. The van der Waals surface area contributed by atoms with Gasteiger partial charge in [0.1, 0.15) is 5.82 Å². The van der Waals surface area contributed by atoms with E-state index in [0.29, 0.717) is 30.9 Å². The minimum absolute atomic E-state index is 0.0564. The summed E-state index contributed by atoms with van der Waals surface area (Å²) in [6, 6.07) is 15.6. The molecule has 3 aromatic rings. The SMILES string of the molecule is CN(CC(F)(F)F)C1CCN(c2ccc(-c3cnc(N)c(-c4ccc5c(c4)CCNC5=O)c3)cc2)C1. The Hall–Kier alpha value is -3.59. The van der Waals surface area contributed by atoms with Crippen molar-refractivity contribution >= 4 is 17.4 Å². The van der Waals surface area contributed by atoms with Crippen LogP contribution in [0.15, 0.2) is 54.7 Å². The summed E-state index contributed by atoms with van der Waals surface area (Å²) in [7, 11) is 1.54. The number of benzene rings is 2. The standard InChI is InChI=1S/C27H28F3N5O/c1-34(16-27(28,29)30)22-9-11-35(15-22)21-5-2-17(3-6-21)20-13-24(25(31)33-14-20)18-4-7-23-19(12-18)8-10-32-26(23)36/h2-7,12-14,22H,8-11,15-16H2,1H3,(H2,31,33)(H,32,36).